The van der Waals surface area contributed by atoms with Crippen LogP contribution in [0, 0.1) is 6.92 Å². The Labute approximate surface area is 110 Å². The lowest BCUT2D eigenvalue weighted by Crippen LogP contribution is -2.22. The normalized spacial score (nSPS) is 14.2. The molecule has 0 heterocycles. The van der Waals surface area contributed by atoms with Gasteiger partial charge in [-0.1, -0.05) is 60.2 Å². The molecule has 0 saturated carbocycles. The molecule has 0 spiro atoms. The molecule has 2 aromatic rings. The maximum Gasteiger partial charge on any atom is 0.0297 e. The summed E-state index contributed by atoms with van der Waals surface area (Å²) >= 11 is 0. The van der Waals surface area contributed by atoms with Crippen LogP contribution in [0.1, 0.15) is 42.6 Å². The van der Waals surface area contributed by atoms with Crippen molar-refractivity contribution in [1.29, 1.82) is 0 Å². The van der Waals surface area contributed by atoms with Crippen molar-refractivity contribution in [3.05, 3.63) is 71.3 Å². The van der Waals surface area contributed by atoms with E-state index < -0.39 is 0 Å². The Morgan fingerprint density at radius 2 is 1.39 bits per heavy atom. The lowest BCUT2D eigenvalue weighted by molar-refractivity contribution is 0.494. The molecular weight excluding hydrogens is 218 g/mol. The molecule has 1 unspecified atom stereocenters. The second-order valence-corrected chi connectivity index (χ2v) is 4.93. The first-order chi connectivity index (χ1) is 8.66. The van der Waals surface area contributed by atoms with Crippen molar-refractivity contribution in [2.75, 3.05) is 0 Å². The minimum Gasteiger partial charge on any atom is -0.304 e. The van der Waals surface area contributed by atoms with E-state index in [1.54, 1.807) is 0 Å². The van der Waals surface area contributed by atoms with Gasteiger partial charge in [-0.05, 0) is 31.9 Å². The molecule has 0 bridgehead atoms. The van der Waals surface area contributed by atoms with Crippen molar-refractivity contribution in [3.8, 4) is 0 Å². The predicted molar refractivity (Wildman–Crippen MR) is 77.6 cm³/mol. The molecule has 1 heteroatoms. The zero-order valence-electron chi connectivity index (χ0n) is 11.4. The summed E-state index contributed by atoms with van der Waals surface area (Å²) in [5, 5.41) is 3.64. The van der Waals surface area contributed by atoms with Gasteiger partial charge in [0.15, 0.2) is 0 Å². The topological polar surface area (TPSA) is 12.0 Å². The van der Waals surface area contributed by atoms with Gasteiger partial charge in [0, 0.05) is 12.1 Å². The summed E-state index contributed by atoms with van der Waals surface area (Å²) in [6.07, 6.45) is 0. The average Bonchev–Trinajstić information content (AvgIpc) is 2.39. The van der Waals surface area contributed by atoms with Crippen LogP contribution in [-0.4, -0.2) is 0 Å². The Kier molecular flexibility index (Phi) is 4.16. The molecule has 2 rings (SSSR count). The van der Waals surface area contributed by atoms with Crippen LogP contribution >= 0.6 is 0 Å². The lowest BCUT2D eigenvalue weighted by atomic mass is 10.0. The molecule has 0 aliphatic heterocycles. The zero-order valence-corrected chi connectivity index (χ0v) is 11.4. The maximum absolute atomic E-state index is 3.64. The third kappa shape index (κ3) is 3.21. The molecule has 2 atom stereocenters. The second kappa shape index (κ2) is 5.83. The highest BCUT2D eigenvalue weighted by molar-refractivity contribution is 5.25. The van der Waals surface area contributed by atoms with Crippen molar-refractivity contribution in [3.63, 3.8) is 0 Å². The largest absolute Gasteiger partial charge is 0.304 e. The van der Waals surface area contributed by atoms with Gasteiger partial charge in [-0.25, -0.2) is 0 Å². The third-order valence-corrected chi connectivity index (χ3v) is 3.34. The van der Waals surface area contributed by atoms with Gasteiger partial charge in [0.2, 0.25) is 0 Å². The van der Waals surface area contributed by atoms with Crippen molar-refractivity contribution in [2.24, 2.45) is 0 Å². The first-order valence-corrected chi connectivity index (χ1v) is 6.54. The number of hydrogen-bond acceptors (Lipinski definition) is 1. The average molecular weight is 239 g/mol. The summed E-state index contributed by atoms with van der Waals surface area (Å²) in [5.41, 5.74) is 3.99. The summed E-state index contributed by atoms with van der Waals surface area (Å²) in [5.74, 6) is 0. The molecule has 0 aromatic heterocycles. The molecule has 18 heavy (non-hydrogen) atoms. The van der Waals surface area contributed by atoms with E-state index in [9.17, 15) is 0 Å². The summed E-state index contributed by atoms with van der Waals surface area (Å²) < 4.78 is 0. The molecular formula is C17H21N. The third-order valence-electron chi connectivity index (χ3n) is 3.34. The fourth-order valence-electron chi connectivity index (χ4n) is 2.25. The Balaban J connectivity index is 2.05. The number of nitrogens with one attached hydrogen (secondary N) is 1. The molecule has 1 N–H and O–H groups in total. The Bertz CT molecular complexity index is 490. The quantitative estimate of drug-likeness (QED) is 0.833. The number of aryl methyl sites for hydroxylation is 1. The SMILES string of the molecule is Cc1cccc([C@H](C)NC(C)c2ccccc2)c1. The smallest absolute Gasteiger partial charge is 0.0297 e. The van der Waals surface area contributed by atoms with Crippen LogP contribution in [0.4, 0.5) is 0 Å². The Hall–Kier alpha value is -1.60. The van der Waals surface area contributed by atoms with E-state index >= 15 is 0 Å². The van der Waals surface area contributed by atoms with E-state index in [0.29, 0.717) is 12.1 Å². The van der Waals surface area contributed by atoms with Crippen LogP contribution in [0.15, 0.2) is 54.6 Å². The van der Waals surface area contributed by atoms with E-state index in [1.165, 1.54) is 16.7 Å². The minimum absolute atomic E-state index is 0.361. The Morgan fingerprint density at radius 1 is 0.778 bits per heavy atom. The van der Waals surface area contributed by atoms with Gasteiger partial charge >= 0.3 is 0 Å². The highest BCUT2D eigenvalue weighted by Crippen LogP contribution is 2.19. The molecule has 94 valence electrons. The van der Waals surface area contributed by atoms with Crippen LogP contribution in [0.2, 0.25) is 0 Å². The monoisotopic (exact) mass is 239 g/mol. The molecule has 0 aliphatic carbocycles. The first-order valence-electron chi connectivity index (χ1n) is 6.54. The van der Waals surface area contributed by atoms with Gasteiger partial charge in [0.1, 0.15) is 0 Å². The fraction of sp³-hybridized carbons (Fsp3) is 0.294. The summed E-state index contributed by atoms with van der Waals surface area (Å²) in [6.45, 7) is 6.56. The standard InChI is InChI=1S/C17H21N/c1-13-8-7-11-17(12-13)15(3)18-14(2)16-9-5-4-6-10-16/h4-12,14-15,18H,1-3H3/t14?,15-/m0/s1. The number of rotatable bonds is 4. The lowest BCUT2D eigenvalue weighted by Gasteiger charge is -2.21. The zero-order chi connectivity index (χ0) is 13.0. The van der Waals surface area contributed by atoms with Crippen LogP contribution in [0.3, 0.4) is 0 Å². The van der Waals surface area contributed by atoms with Crippen molar-refractivity contribution in [2.45, 2.75) is 32.9 Å². The van der Waals surface area contributed by atoms with Crippen LogP contribution in [0.5, 0.6) is 0 Å². The summed E-state index contributed by atoms with van der Waals surface area (Å²) in [7, 11) is 0. The summed E-state index contributed by atoms with van der Waals surface area (Å²) in [6, 6.07) is 20.0. The molecule has 1 nitrogen and oxygen atoms in total. The van der Waals surface area contributed by atoms with Gasteiger partial charge in [0.25, 0.3) is 0 Å². The number of hydrogen-bond donors (Lipinski definition) is 1. The van der Waals surface area contributed by atoms with E-state index in [1.807, 2.05) is 0 Å². The second-order valence-electron chi connectivity index (χ2n) is 4.93. The van der Waals surface area contributed by atoms with Crippen molar-refractivity contribution in [1.82, 2.24) is 5.32 Å². The first kappa shape index (κ1) is 12.8. The van der Waals surface area contributed by atoms with Gasteiger partial charge in [-0.2, -0.15) is 0 Å². The van der Waals surface area contributed by atoms with Gasteiger partial charge in [-0.3, -0.25) is 0 Å². The highest BCUT2D eigenvalue weighted by atomic mass is 14.9. The van der Waals surface area contributed by atoms with Gasteiger partial charge in [0.05, 0.1) is 0 Å². The summed E-state index contributed by atoms with van der Waals surface area (Å²) in [4.78, 5) is 0. The number of benzene rings is 2. The molecule has 2 aromatic carbocycles. The molecule has 0 fully saturated rings. The molecule has 0 aliphatic rings. The molecule has 0 radical (unpaired) electrons. The highest BCUT2D eigenvalue weighted by Gasteiger charge is 2.10. The Morgan fingerprint density at radius 3 is 2.06 bits per heavy atom. The molecule has 0 saturated heterocycles. The predicted octanol–water partition coefficient (Wildman–Crippen LogP) is 4.41. The van der Waals surface area contributed by atoms with Crippen molar-refractivity contribution >= 4 is 0 Å². The van der Waals surface area contributed by atoms with E-state index in [2.05, 4.69) is 80.7 Å². The minimum atomic E-state index is 0.361. The van der Waals surface area contributed by atoms with Gasteiger partial charge in [-0.15, -0.1) is 0 Å². The van der Waals surface area contributed by atoms with Crippen molar-refractivity contribution < 1.29 is 0 Å². The van der Waals surface area contributed by atoms with Crippen LogP contribution in [0.25, 0.3) is 0 Å². The van der Waals surface area contributed by atoms with Crippen LogP contribution in [-0.2, 0) is 0 Å². The van der Waals surface area contributed by atoms with E-state index in [4.69, 9.17) is 0 Å². The maximum atomic E-state index is 3.64. The van der Waals surface area contributed by atoms with Gasteiger partial charge < -0.3 is 5.32 Å². The van der Waals surface area contributed by atoms with E-state index in [0.717, 1.165) is 0 Å². The fourth-order valence-corrected chi connectivity index (χ4v) is 2.25. The molecule has 0 amide bonds. The van der Waals surface area contributed by atoms with Crippen LogP contribution < -0.4 is 5.32 Å². The van der Waals surface area contributed by atoms with E-state index in [-0.39, 0.29) is 0 Å².